The summed E-state index contributed by atoms with van der Waals surface area (Å²) in [4.78, 5) is 11.0. The van der Waals surface area contributed by atoms with Gasteiger partial charge < -0.3 is 15.0 Å². The van der Waals surface area contributed by atoms with Gasteiger partial charge in [-0.3, -0.25) is 0 Å². The minimum Gasteiger partial charge on any atom is -0.549 e. The van der Waals surface area contributed by atoms with Crippen LogP contribution in [0.25, 0.3) is 0 Å². The number of carboxylic acids is 1. The Bertz CT molecular complexity index is 264. The first-order valence-electron chi connectivity index (χ1n) is 4.81. The maximum atomic E-state index is 11.0. The summed E-state index contributed by atoms with van der Waals surface area (Å²) in [5.74, 6) is -0.714. The molecule has 14 heavy (non-hydrogen) atoms. The molecule has 0 aromatic rings. The number of aliphatic hydroxyl groups excluding tert-OH is 1. The molecule has 3 nitrogen and oxygen atoms in total. The monoisotopic (exact) mass is 222 g/mol. The molecular weight excluding hydrogens is 207 g/mol. The van der Waals surface area contributed by atoms with Gasteiger partial charge >= 0.3 is 51.4 Å². The van der Waals surface area contributed by atoms with Gasteiger partial charge in [-0.25, -0.2) is 0 Å². The van der Waals surface area contributed by atoms with Crippen molar-refractivity contribution in [1.82, 2.24) is 0 Å². The first-order chi connectivity index (χ1) is 5.91. The molecule has 4 heteroatoms. The number of hydrogen-bond acceptors (Lipinski definition) is 3. The van der Waals surface area contributed by atoms with Crippen LogP contribution in [0.15, 0.2) is 0 Å². The van der Waals surface area contributed by atoms with Gasteiger partial charge in [0.15, 0.2) is 0 Å². The number of hydrogen-bond donors (Lipinski definition) is 1. The Hall–Kier alpha value is 1.07. The van der Waals surface area contributed by atoms with E-state index in [-0.39, 0.29) is 56.8 Å². The summed E-state index contributed by atoms with van der Waals surface area (Å²) in [5.41, 5.74) is -1.19. The molecule has 3 atom stereocenters. The van der Waals surface area contributed by atoms with Crippen LogP contribution in [0.5, 0.6) is 0 Å². The summed E-state index contributed by atoms with van der Waals surface area (Å²) in [6.45, 7) is 3.90. The summed E-state index contributed by atoms with van der Waals surface area (Å²) in [6, 6.07) is 0. The predicted octanol–water partition coefficient (Wildman–Crippen LogP) is -3.07. The van der Waals surface area contributed by atoms with E-state index < -0.39 is 17.5 Å². The topological polar surface area (TPSA) is 60.4 Å². The zero-order valence-electron chi connectivity index (χ0n) is 9.04. The van der Waals surface area contributed by atoms with Crippen LogP contribution in [0.2, 0.25) is 0 Å². The smallest absolute Gasteiger partial charge is 0.549 e. The van der Waals surface area contributed by atoms with E-state index in [2.05, 4.69) is 0 Å². The van der Waals surface area contributed by atoms with E-state index in [1.807, 2.05) is 13.8 Å². The fourth-order valence-electron chi connectivity index (χ4n) is 3.19. The molecule has 2 aliphatic rings. The van der Waals surface area contributed by atoms with Crippen molar-refractivity contribution >= 4 is 5.97 Å². The van der Waals surface area contributed by atoms with Crippen LogP contribution < -0.4 is 56.5 Å². The van der Waals surface area contributed by atoms with Crippen molar-refractivity contribution in [1.29, 1.82) is 0 Å². The van der Waals surface area contributed by atoms with Gasteiger partial charge in [0.2, 0.25) is 0 Å². The average molecular weight is 222 g/mol. The second-order valence-electron chi connectivity index (χ2n) is 5.11. The molecule has 1 N–H and O–H groups in total. The normalized spacial score (nSPS) is 43.4. The van der Waals surface area contributed by atoms with E-state index in [0.29, 0.717) is 18.8 Å². The average Bonchev–Trinajstić information content (AvgIpc) is 2.53. The molecule has 0 aliphatic heterocycles. The summed E-state index contributed by atoms with van der Waals surface area (Å²) in [5, 5.41) is 21.0. The Morgan fingerprint density at radius 2 is 2.07 bits per heavy atom. The van der Waals surface area contributed by atoms with E-state index in [1.54, 1.807) is 0 Å². The number of carbonyl (C=O) groups is 1. The Morgan fingerprint density at radius 3 is 2.36 bits per heavy atom. The molecule has 0 heterocycles. The third kappa shape index (κ3) is 1.46. The molecule has 0 amide bonds. The summed E-state index contributed by atoms with van der Waals surface area (Å²) in [7, 11) is 0. The van der Waals surface area contributed by atoms with Gasteiger partial charge in [0.25, 0.3) is 0 Å². The molecule has 0 aromatic heterocycles. The van der Waals surface area contributed by atoms with Gasteiger partial charge in [-0.2, -0.15) is 0 Å². The van der Waals surface area contributed by atoms with E-state index in [9.17, 15) is 15.0 Å². The minimum absolute atomic E-state index is 0. The van der Waals surface area contributed by atoms with E-state index in [1.165, 1.54) is 0 Å². The number of rotatable bonds is 1. The van der Waals surface area contributed by atoms with Crippen LogP contribution in [0.4, 0.5) is 0 Å². The first-order valence-corrected chi connectivity index (χ1v) is 4.81. The zero-order valence-corrected chi connectivity index (χ0v) is 12.2. The number of carbonyl (C=O) groups excluding carboxylic acids is 1. The van der Waals surface area contributed by atoms with E-state index >= 15 is 0 Å². The molecule has 2 fully saturated rings. The molecule has 0 aromatic carbocycles. The van der Waals surface area contributed by atoms with E-state index in [4.69, 9.17) is 0 Å². The summed E-state index contributed by atoms with van der Waals surface area (Å²) in [6.07, 6.45) is 1.37. The molecule has 0 spiro atoms. The standard InChI is InChI=1S/C10H16O3.K/c1-9(2)6-3-4-10(5-6,7(9)11)8(12)13;/h6-7,11H,3-5H2,1-2H3,(H,12,13);/q;+1/p-1. The zero-order chi connectivity index (χ0) is 9.85. The van der Waals surface area contributed by atoms with Gasteiger partial charge in [0.05, 0.1) is 12.1 Å². The molecule has 74 valence electrons. The van der Waals surface area contributed by atoms with Crippen LogP contribution in [-0.4, -0.2) is 17.2 Å². The second-order valence-corrected chi connectivity index (χ2v) is 5.11. The fourth-order valence-corrected chi connectivity index (χ4v) is 3.19. The molecular formula is C10H15KO3. The largest absolute Gasteiger partial charge is 1.00 e. The first kappa shape index (κ1) is 13.1. The van der Waals surface area contributed by atoms with Crippen molar-refractivity contribution in [3.05, 3.63) is 0 Å². The summed E-state index contributed by atoms with van der Waals surface area (Å²) >= 11 is 0. The van der Waals surface area contributed by atoms with Crippen LogP contribution in [0.1, 0.15) is 33.1 Å². The van der Waals surface area contributed by atoms with Gasteiger partial charge in [-0.1, -0.05) is 13.8 Å². The number of fused-ring (bicyclic) bond motifs is 2. The van der Waals surface area contributed by atoms with Crippen molar-refractivity contribution in [3.8, 4) is 0 Å². The fraction of sp³-hybridized carbons (Fsp3) is 0.900. The SMILES string of the molecule is CC1(C)C2CCC(C(=O)[O-])(C2)C1O.[K+]. The number of aliphatic hydroxyl groups is 1. The summed E-state index contributed by atoms with van der Waals surface area (Å²) < 4.78 is 0. The molecule has 2 rings (SSSR count). The number of aliphatic carboxylic acids is 1. The van der Waals surface area contributed by atoms with Crippen molar-refractivity contribution in [2.45, 2.75) is 39.2 Å². The van der Waals surface area contributed by atoms with Crippen LogP contribution >= 0.6 is 0 Å². The molecule has 2 saturated carbocycles. The minimum atomic E-state index is -1.06. The maximum absolute atomic E-state index is 11.0. The van der Waals surface area contributed by atoms with Crippen LogP contribution in [0, 0.1) is 16.7 Å². The van der Waals surface area contributed by atoms with Crippen molar-refractivity contribution in [2.75, 3.05) is 0 Å². The van der Waals surface area contributed by atoms with Crippen LogP contribution in [0.3, 0.4) is 0 Å². The van der Waals surface area contributed by atoms with Crippen LogP contribution in [-0.2, 0) is 4.79 Å². The van der Waals surface area contributed by atoms with Gasteiger partial charge in [0.1, 0.15) is 0 Å². The van der Waals surface area contributed by atoms with Crippen molar-refractivity contribution in [2.24, 2.45) is 16.7 Å². The van der Waals surface area contributed by atoms with Crippen molar-refractivity contribution in [3.63, 3.8) is 0 Å². The quantitative estimate of drug-likeness (QED) is 0.479. The Morgan fingerprint density at radius 1 is 1.50 bits per heavy atom. The molecule has 2 bridgehead atoms. The van der Waals surface area contributed by atoms with Gasteiger partial charge in [-0.15, -0.1) is 0 Å². The molecule has 2 aliphatic carbocycles. The number of carboxylic acid groups (broad SMARTS) is 1. The molecule has 0 saturated heterocycles. The second kappa shape index (κ2) is 3.82. The van der Waals surface area contributed by atoms with Crippen molar-refractivity contribution < 1.29 is 66.4 Å². The Labute approximate surface area is 127 Å². The maximum Gasteiger partial charge on any atom is 1.00 e. The third-order valence-corrected chi connectivity index (χ3v) is 4.24. The van der Waals surface area contributed by atoms with Gasteiger partial charge in [-0.05, 0) is 30.6 Å². The van der Waals surface area contributed by atoms with Gasteiger partial charge in [0, 0.05) is 5.41 Å². The predicted molar refractivity (Wildman–Crippen MR) is 44.6 cm³/mol. The Balaban J connectivity index is 0.000000980. The molecule has 0 radical (unpaired) electrons. The third-order valence-electron chi connectivity index (χ3n) is 4.24. The molecule has 3 unspecified atom stereocenters. The van der Waals surface area contributed by atoms with E-state index in [0.717, 1.165) is 6.42 Å². The Kier molecular flexibility index (Phi) is 3.59.